The van der Waals surface area contributed by atoms with Crippen LogP contribution >= 0.6 is 23.2 Å². The van der Waals surface area contributed by atoms with Crippen LogP contribution in [0.5, 0.6) is 0 Å². The summed E-state index contributed by atoms with van der Waals surface area (Å²) < 4.78 is 0. The molecule has 0 aromatic heterocycles. The predicted molar refractivity (Wildman–Crippen MR) is 105 cm³/mol. The number of nitrogens with one attached hydrogen (secondary N) is 1. The van der Waals surface area contributed by atoms with Crippen molar-refractivity contribution in [2.45, 2.75) is 24.7 Å². The van der Waals surface area contributed by atoms with E-state index in [-0.39, 0.29) is 11.8 Å². The van der Waals surface area contributed by atoms with Crippen LogP contribution in [0.15, 0.2) is 42.5 Å². The van der Waals surface area contributed by atoms with Crippen LogP contribution in [0.25, 0.3) is 0 Å². The molecule has 0 atom stereocenters. The molecule has 2 amide bonds. The van der Waals surface area contributed by atoms with Gasteiger partial charge in [-0.2, -0.15) is 0 Å². The molecule has 1 N–H and O–H groups in total. The molecule has 0 heterocycles. The summed E-state index contributed by atoms with van der Waals surface area (Å²) in [4.78, 5) is 26.7. The lowest BCUT2D eigenvalue weighted by Gasteiger charge is -2.40. The smallest absolute Gasteiger partial charge is 0.254 e. The van der Waals surface area contributed by atoms with E-state index in [1.165, 1.54) is 4.90 Å². The Morgan fingerprint density at radius 1 is 1.04 bits per heavy atom. The molecule has 0 unspecified atom stereocenters. The van der Waals surface area contributed by atoms with Crippen molar-refractivity contribution in [3.63, 3.8) is 0 Å². The second kappa shape index (κ2) is 7.29. The van der Waals surface area contributed by atoms with Gasteiger partial charge in [0.25, 0.3) is 5.91 Å². The lowest BCUT2D eigenvalue weighted by Crippen LogP contribution is -2.46. The first-order valence-corrected chi connectivity index (χ1v) is 9.18. The van der Waals surface area contributed by atoms with Crippen molar-refractivity contribution in [3.8, 4) is 0 Å². The van der Waals surface area contributed by atoms with E-state index in [0.717, 1.165) is 24.8 Å². The van der Waals surface area contributed by atoms with Crippen LogP contribution in [0, 0.1) is 0 Å². The van der Waals surface area contributed by atoms with E-state index >= 15 is 0 Å². The number of hydrogen-bond acceptors (Lipinski definition) is 2. The molecule has 26 heavy (non-hydrogen) atoms. The van der Waals surface area contributed by atoms with Crippen LogP contribution in [0.3, 0.4) is 0 Å². The average molecular weight is 391 g/mol. The first kappa shape index (κ1) is 18.7. The fourth-order valence-electron chi connectivity index (χ4n) is 3.20. The Bertz CT molecular complexity index is 843. The minimum Gasteiger partial charge on any atom is -0.345 e. The normalized spacial score (nSPS) is 15.1. The summed E-state index contributed by atoms with van der Waals surface area (Å²) in [5.41, 5.74) is 1.34. The number of nitrogens with zero attached hydrogens (tertiary/aromatic N) is 1. The molecule has 136 valence electrons. The Morgan fingerprint density at radius 2 is 1.69 bits per heavy atom. The number of carbonyl (C=O) groups excluding carboxylic acids is 2. The SMILES string of the molecule is CN(C)C(=O)c1cc(NC(=O)C2(c3ccc(Cl)cc3)CCC2)ccc1Cl. The molecular weight excluding hydrogens is 371 g/mol. The van der Waals surface area contributed by atoms with Gasteiger partial charge in [0, 0.05) is 24.8 Å². The first-order chi connectivity index (χ1) is 12.3. The summed E-state index contributed by atoms with van der Waals surface area (Å²) in [5.74, 6) is -0.279. The summed E-state index contributed by atoms with van der Waals surface area (Å²) in [5, 5.41) is 3.96. The Morgan fingerprint density at radius 3 is 2.23 bits per heavy atom. The Balaban J connectivity index is 1.86. The quantitative estimate of drug-likeness (QED) is 0.817. The van der Waals surface area contributed by atoms with Crippen molar-refractivity contribution >= 4 is 40.7 Å². The number of benzene rings is 2. The topological polar surface area (TPSA) is 49.4 Å². The van der Waals surface area contributed by atoms with Gasteiger partial charge in [-0.15, -0.1) is 0 Å². The lowest BCUT2D eigenvalue weighted by molar-refractivity contribution is -0.124. The highest BCUT2D eigenvalue weighted by atomic mass is 35.5. The van der Waals surface area contributed by atoms with Crippen LogP contribution in [-0.2, 0) is 10.2 Å². The summed E-state index contributed by atoms with van der Waals surface area (Å²) >= 11 is 12.1. The minimum atomic E-state index is -0.546. The van der Waals surface area contributed by atoms with Crippen LogP contribution in [0.4, 0.5) is 5.69 Å². The van der Waals surface area contributed by atoms with Gasteiger partial charge in [-0.25, -0.2) is 0 Å². The largest absolute Gasteiger partial charge is 0.345 e. The van der Waals surface area contributed by atoms with E-state index < -0.39 is 5.41 Å². The molecule has 1 fully saturated rings. The Kier molecular flexibility index (Phi) is 5.26. The molecular formula is C20H20Cl2N2O2. The maximum atomic E-state index is 13.0. The Labute approximate surface area is 163 Å². The van der Waals surface area contributed by atoms with Gasteiger partial charge in [0.1, 0.15) is 0 Å². The van der Waals surface area contributed by atoms with Gasteiger partial charge in [-0.3, -0.25) is 9.59 Å². The molecule has 4 nitrogen and oxygen atoms in total. The number of amides is 2. The second-order valence-corrected chi connectivity index (χ2v) is 7.63. The van der Waals surface area contributed by atoms with E-state index in [9.17, 15) is 9.59 Å². The number of anilines is 1. The van der Waals surface area contributed by atoms with Crippen molar-refractivity contribution in [2.24, 2.45) is 0 Å². The standard InChI is InChI=1S/C20H20Cl2N2O2/c1-24(2)18(25)16-12-15(8-9-17(16)22)23-19(26)20(10-3-11-20)13-4-6-14(21)7-5-13/h4-9,12H,3,10-11H2,1-2H3,(H,23,26). The van der Waals surface area contributed by atoms with Crippen LogP contribution < -0.4 is 5.32 Å². The molecule has 1 aliphatic carbocycles. The molecule has 0 bridgehead atoms. The first-order valence-electron chi connectivity index (χ1n) is 8.42. The van der Waals surface area contributed by atoms with Crippen LogP contribution in [0.1, 0.15) is 35.2 Å². The van der Waals surface area contributed by atoms with Gasteiger partial charge >= 0.3 is 0 Å². The monoisotopic (exact) mass is 390 g/mol. The molecule has 1 saturated carbocycles. The van der Waals surface area contributed by atoms with Gasteiger partial charge in [0.15, 0.2) is 0 Å². The molecule has 6 heteroatoms. The Hall–Kier alpha value is -2.04. The fourth-order valence-corrected chi connectivity index (χ4v) is 3.53. The van der Waals surface area contributed by atoms with E-state index in [1.807, 2.05) is 12.1 Å². The van der Waals surface area contributed by atoms with E-state index in [4.69, 9.17) is 23.2 Å². The van der Waals surface area contributed by atoms with Crippen LogP contribution in [0.2, 0.25) is 10.0 Å². The van der Waals surface area contributed by atoms with E-state index in [2.05, 4.69) is 5.32 Å². The summed E-state index contributed by atoms with van der Waals surface area (Å²) in [6.07, 6.45) is 2.58. The number of rotatable bonds is 4. The average Bonchev–Trinajstić information content (AvgIpc) is 2.56. The molecule has 1 aliphatic rings. The number of halogens is 2. The van der Waals surface area contributed by atoms with Crippen molar-refractivity contribution in [3.05, 3.63) is 63.6 Å². The molecule has 0 spiro atoms. The van der Waals surface area contributed by atoms with E-state index in [0.29, 0.717) is 21.3 Å². The van der Waals surface area contributed by atoms with E-state index in [1.54, 1.807) is 44.4 Å². The highest BCUT2D eigenvalue weighted by molar-refractivity contribution is 6.34. The molecule has 2 aromatic rings. The lowest BCUT2D eigenvalue weighted by atomic mass is 9.64. The van der Waals surface area contributed by atoms with Gasteiger partial charge in [0.2, 0.25) is 5.91 Å². The number of hydrogen-bond donors (Lipinski definition) is 1. The summed E-state index contributed by atoms with van der Waals surface area (Å²) in [7, 11) is 3.32. The molecule has 3 rings (SSSR count). The highest BCUT2D eigenvalue weighted by Gasteiger charge is 2.45. The van der Waals surface area contributed by atoms with Gasteiger partial charge in [-0.05, 0) is 48.7 Å². The zero-order valence-electron chi connectivity index (χ0n) is 14.7. The molecule has 0 radical (unpaired) electrons. The van der Waals surface area contributed by atoms with Crippen molar-refractivity contribution in [1.29, 1.82) is 0 Å². The zero-order valence-corrected chi connectivity index (χ0v) is 16.2. The third-order valence-corrected chi connectivity index (χ3v) is 5.48. The highest BCUT2D eigenvalue weighted by Crippen LogP contribution is 2.45. The third kappa shape index (κ3) is 3.44. The molecule has 2 aromatic carbocycles. The molecule has 0 aliphatic heterocycles. The van der Waals surface area contributed by atoms with Crippen LogP contribution in [-0.4, -0.2) is 30.8 Å². The van der Waals surface area contributed by atoms with Crippen molar-refractivity contribution < 1.29 is 9.59 Å². The fraction of sp³-hybridized carbons (Fsp3) is 0.300. The van der Waals surface area contributed by atoms with Gasteiger partial charge < -0.3 is 10.2 Å². The minimum absolute atomic E-state index is 0.0725. The summed E-state index contributed by atoms with van der Waals surface area (Å²) in [6.45, 7) is 0. The van der Waals surface area contributed by atoms with Crippen molar-refractivity contribution in [1.82, 2.24) is 4.90 Å². The summed E-state index contributed by atoms with van der Waals surface area (Å²) in [6, 6.07) is 12.4. The van der Waals surface area contributed by atoms with Gasteiger partial charge in [-0.1, -0.05) is 41.8 Å². The maximum absolute atomic E-state index is 13.0. The zero-order chi connectivity index (χ0) is 18.9. The van der Waals surface area contributed by atoms with Gasteiger partial charge in [0.05, 0.1) is 16.0 Å². The molecule has 0 saturated heterocycles. The van der Waals surface area contributed by atoms with Crippen molar-refractivity contribution in [2.75, 3.05) is 19.4 Å². The maximum Gasteiger partial charge on any atom is 0.254 e. The second-order valence-electron chi connectivity index (χ2n) is 6.79. The third-order valence-electron chi connectivity index (χ3n) is 4.90. The number of carbonyl (C=O) groups is 2. The predicted octanol–water partition coefficient (Wildman–Crippen LogP) is 4.76.